The van der Waals surface area contributed by atoms with Crippen LogP contribution in [-0.2, 0) is 0 Å². The molecule has 25 heavy (non-hydrogen) atoms. The maximum atomic E-state index is 11.0. The van der Waals surface area contributed by atoms with E-state index >= 15 is 0 Å². The number of nitro benzene ring substituents is 2. The Hall–Kier alpha value is -3.93. The Morgan fingerprint density at radius 3 is 2.32 bits per heavy atom. The summed E-state index contributed by atoms with van der Waals surface area (Å²) in [5, 5.41) is 40.8. The van der Waals surface area contributed by atoms with Gasteiger partial charge in [0.15, 0.2) is 5.75 Å². The lowest BCUT2D eigenvalue weighted by Crippen LogP contribution is -1.93. The van der Waals surface area contributed by atoms with Crippen molar-refractivity contribution in [2.24, 2.45) is 0 Å². The van der Waals surface area contributed by atoms with Crippen molar-refractivity contribution < 1.29 is 19.7 Å². The molecule has 0 amide bonds. The van der Waals surface area contributed by atoms with Crippen molar-refractivity contribution in [3.63, 3.8) is 0 Å². The molecule has 126 valence electrons. The van der Waals surface area contributed by atoms with Crippen LogP contribution in [0.15, 0.2) is 36.4 Å². The van der Waals surface area contributed by atoms with Gasteiger partial charge in [0.05, 0.1) is 28.6 Å². The Labute approximate surface area is 141 Å². The number of hydrogen-bond acceptors (Lipinski definition) is 7. The van der Waals surface area contributed by atoms with Gasteiger partial charge in [0.2, 0.25) is 5.75 Å². The first-order valence-corrected chi connectivity index (χ1v) is 6.79. The van der Waals surface area contributed by atoms with Gasteiger partial charge in [0.1, 0.15) is 0 Å². The van der Waals surface area contributed by atoms with Crippen LogP contribution < -0.4 is 4.74 Å². The van der Waals surface area contributed by atoms with Crippen molar-refractivity contribution in [2.45, 2.75) is 0 Å². The smallest absolute Gasteiger partial charge is 0.315 e. The summed E-state index contributed by atoms with van der Waals surface area (Å²) >= 11 is 0. The standard InChI is InChI=1S/C16H11N3O6/c1-25-15-8-10(7-14(16(15)20)19(23)24)6-12(9-17)11-2-4-13(5-3-11)18(21)22/h2-8,20H,1H3. The summed E-state index contributed by atoms with van der Waals surface area (Å²) in [6.07, 6.45) is 1.36. The molecule has 0 aliphatic rings. The van der Waals surface area contributed by atoms with E-state index in [1.807, 2.05) is 6.07 Å². The first-order valence-electron chi connectivity index (χ1n) is 6.79. The van der Waals surface area contributed by atoms with E-state index < -0.39 is 21.3 Å². The second kappa shape index (κ2) is 7.10. The van der Waals surface area contributed by atoms with Gasteiger partial charge in [-0.05, 0) is 35.4 Å². The Bertz CT molecular complexity index is 913. The van der Waals surface area contributed by atoms with Gasteiger partial charge < -0.3 is 9.84 Å². The molecule has 2 aromatic rings. The summed E-state index contributed by atoms with van der Waals surface area (Å²) in [7, 11) is 1.24. The number of nitro groups is 2. The predicted octanol–water partition coefficient (Wildman–Crippen LogP) is 3.28. The molecule has 0 radical (unpaired) electrons. The van der Waals surface area contributed by atoms with Crippen LogP contribution in [-0.4, -0.2) is 22.1 Å². The quantitative estimate of drug-likeness (QED) is 0.381. The van der Waals surface area contributed by atoms with Gasteiger partial charge in [0.25, 0.3) is 5.69 Å². The highest BCUT2D eigenvalue weighted by Crippen LogP contribution is 2.37. The molecular formula is C16H11N3O6. The Kier molecular flexibility index (Phi) is 4.95. The van der Waals surface area contributed by atoms with Gasteiger partial charge in [-0.25, -0.2) is 0 Å². The third-order valence-electron chi connectivity index (χ3n) is 3.31. The minimum atomic E-state index is -0.771. The summed E-state index contributed by atoms with van der Waals surface area (Å²) in [4.78, 5) is 20.3. The highest BCUT2D eigenvalue weighted by atomic mass is 16.6. The van der Waals surface area contributed by atoms with Crippen LogP contribution in [0.2, 0.25) is 0 Å². The van der Waals surface area contributed by atoms with Gasteiger partial charge in [-0.1, -0.05) is 0 Å². The monoisotopic (exact) mass is 341 g/mol. The number of ether oxygens (including phenoxy) is 1. The second-order valence-electron chi connectivity index (χ2n) is 4.82. The highest BCUT2D eigenvalue weighted by Gasteiger charge is 2.19. The van der Waals surface area contributed by atoms with E-state index in [-0.39, 0.29) is 22.6 Å². The first kappa shape index (κ1) is 17.4. The number of phenols is 1. The molecule has 9 heteroatoms. The van der Waals surface area contributed by atoms with E-state index in [2.05, 4.69) is 0 Å². The molecule has 0 heterocycles. The fourth-order valence-electron chi connectivity index (χ4n) is 2.10. The molecule has 0 unspecified atom stereocenters. The van der Waals surface area contributed by atoms with Gasteiger partial charge in [-0.2, -0.15) is 5.26 Å². The summed E-state index contributed by atoms with van der Waals surface area (Å²) in [5.41, 5.74) is 0.116. The number of non-ortho nitro benzene ring substituents is 1. The van der Waals surface area contributed by atoms with Gasteiger partial charge in [0, 0.05) is 18.2 Å². The zero-order valence-corrected chi connectivity index (χ0v) is 12.9. The van der Waals surface area contributed by atoms with E-state index in [1.54, 1.807) is 0 Å². The number of phenolic OH excluding ortho intramolecular Hbond substituents is 1. The van der Waals surface area contributed by atoms with Crippen molar-refractivity contribution >= 4 is 23.0 Å². The van der Waals surface area contributed by atoms with E-state index in [0.29, 0.717) is 5.56 Å². The SMILES string of the molecule is COc1cc(C=C(C#N)c2ccc([N+](=O)[O-])cc2)cc([N+](=O)[O-])c1O. The van der Waals surface area contributed by atoms with Crippen LogP contribution in [0.25, 0.3) is 11.6 Å². The molecular weight excluding hydrogens is 330 g/mol. The predicted molar refractivity (Wildman–Crippen MR) is 87.9 cm³/mol. The number of benzene rings is 2. The number of nitrogens with zero attached hydrogens (tertiary/aromatic N) is 3. The van der Waals surface area contributed by atoms with E-state index in [0.717, 1.165) is 6.07 Å². The summed E-state index contributed by atoms with van der Waals surface area (Å²) in [6, 6.07) is 9.68. The maximum absolute atomic E-state index is 11.0. The number of aromatic hydroxyl groups is 1. The Morgan fingerprint density at radius 1 is 1.20 bits per heavy atom. The van der Waals surface area contributed by atoms with Crippen LogP contribution >= 0.6 is 0 Å². The molecule has 1 N–H and O–H groups in total. The fraction of sp³-hybridized carbons (Fsp3) is 0.0625. The minimum absolute atomic E-state index is 0.110. The average molecular weight is 341 g/mol. The van der Waals surface area contributed by atoms with E-state index in [9.17, 15) is 30.6 Å². The molecule has 0 aliphatic heterocycles. The van der Waals surface area contributed by atoms with Crippen molar-refractivity contribution in [1.82, 2.24) is 0 Å². The van der Waals surface area contributed by atoms with Gasteiger partial charge in [-0.15, -0.1) is 0 Å². The Morgan fingerprint density at radius 2 is 1.84 bits per heavy atom. The second-order valence-corrected chi connectivity index (χ2v) is 4.82. The van der Waals surface area contributed by atoms with Crippen LogP contribution in [0.3, 0.4) is 0 Å². The number of allylic oxidation sites excluding steroid dienone is 1. The molecule has 0 saturated heterocycles. The van der Waals surface area contributed by atoms with Crippen molar-refractivity contribution in [3.8, 4) is 17.6 Å². The third kappa shape index (κ3) is 3.70. The molecule has 0 saturated carbocycles. The molecule has 2 rings (SSSR count). The van der Waals surface area contributed by atoms with Gasteiger partial charge in [-0.3, -0.25) is 20.2 Å². The fourth-order valence-corrected chi connectivity index (χ4v) is 2.10. The summed E-state index contributed by atoms with van der Waals surface area (Å²) in [6.45, 7) is 0. The number of rotatable bonds is 5. The molecule has 0 aliphatic carbocycles. The molecule has 0 spiro atoms. The maximum Gasteiger partial charge on any atom is 0.315 e. The molecule has 0 fully saturated rings. The van der Waals surface area contributed by atoms with Crippen LogP contribution in [0.4, 0.5) is 11.4 Å². The largest absolute Gasteiger partial charge is 0.500 e. The average Bonchev–Trinajstić information content (AvgIpc) is 2.60. The van der Waals surface area contributed by atoms with Crippen molar-refractivity contribution in [1.29, 1.82) is 5.26 Å². The summed E-state index contributed by atoms with van der Waals surface area (Å²) in [5.74, 6) is -0.722. The molecule has 9 nitrogen and oxygen atoms in total. The van der Waals surface area contributed by atoms with Crippen molar-refractivity contribution in [2.75, 3.05) is 7.11 Å². The lowest BCUT2D eigenvalue weighted by molar-refractivity contribution is -0.386. The zero-order chi connectivity index (χ0) is 18.6. The normalized spacial score (nSPS) is 10.8. The van der Waals surface area contributed by atoms with Crippen LogP contribution in [0, 0.1) is 31.6 Å². The number of nitriles is 1. The Balaban J connectivity index is 2.52. The molecule has 0 atom stereocenters. The van der Waals surface area contributed by atoms with Crippen LogP contribution in [0.1, 0.15) is 11.1 Å². The topological polar surface area (TPSA) is 140 Å². The van der Waals surface area contributed by atoms with Gasteiger partial charge >= 0.3 is 5.69 Å². The third-order valence-corrected chi connectivity index (χ3v) is 3.31. The summed E-state index contributed by atoms with van der Waals surface area (Å²) < 4.78 is 4.90. The zero-order valence-electron chi connectivity index (χ0n) is 12.9. The van der Waals surface area contributed by atoms with E-state index in [1.165, 1.54) is 43.5 Å². The minimum Gasteiger partial charge on any atom is -0.500 e. The molecule has 0 aromatic heterocycles. The highest BCUT2D eigenvalue weighted by molar-refractivity contribution is 5.90. The molecule has 0 bridgehead atoms. The number of hydrogen-bond donors (Lipinski definition) is 1. The van der Waals surface area contributed by atoms with Crippen LogP contribution in [0.5, 0.6) is 11.5 Å². The molecule has 2 aromatic carbocycles. The lowest BCUT2D eigenvalue weighted by atomic mass is 10.0. The van der Waals surface area contributed by atoms with Crippen molar-refractivity contribution in [3.05, 3.63) is 67.8 Å². The first-order chi connectivity index (χ1) is 11.9. The number of methoxy groups -OCH3 is 1. The van der Waals surface area contributed by atoms with E-state index in [4.69, 9.17) is 4.74 Å². The lowest BCUT2D eigenvalue weighted by Gasteiger charge is -2.06.